The van der Waals surface area contributed by atoms with Crippen molar-refractivity contribution in [3.8, 4) is 5.75 Å². The third-order valence-electron chi connectivity index (χ3n) is 2.01. The summed E-state index contributed by atoms with van der Waals surface area (Å²) in [6.07, 6.45) is 0. The molecule has 0 spiro atoms. The van der Waals surface area contributed by atoms with Crippen molar-refractivity contribution >= 4 is 5.69 Å². The molecule has 1 fully saturated rings. The number of rotatable bonds is 2. The summed E-state index contributed by atoms with van der Waals surface area (Å²) in [7, 11) is 0. The van der Waals surface area contributed by atoms with E-state index in [0.29, 0.717) is 0 Å². The van der Waals surface area contributed by atoms with E-state index >= 15 is 0 Å². The number of nitrogens with zero attached hydrogens (tertiary/aromatic N) is 1. The van der Waals surface area contributed by atoms with Gasteiger partial charge in [0, 0.05) is 18.7 Å². The lowest BCUT2D eigenvalue weighted by Crippen LogP contribution is -1.91. The molecule has 0 unspecified atom stereocenters. The average molecular weight is 180 g/mol. The Morgan fingerprint density at radius 3 is 2.85 bits per heavy atom. The van der Waals surface area contributed by atoms with Crippen LogP contribution in [0.2, 0.25) is 0 Å². The maximum Gasteiger partial charge on any atom is 0.311 e. The fourth-order valence-corrected chi connectivity index (χ4v) is 1.20. The van der Waals surface area contributed by atoms with Crippen LogP contribution >= 0.6 is 0 Å². The third-order valence-corrected chi connectivity index (χ3v) is 2.01. The smallest absolute Gasteiger partial charge is 0.311 e. The highest BCUT2D eigenvalue weighted by Gasteiger charge is 2.25. The predicted octanol–water partition coefficient (Wildman–Crippen LogP) is 0.945. The Labute approximate surface area is 74.2 Å². The fourth-order valence-electron chi connectivity index (χ4n) is 1.20. The van der Waals surface area contributed by atoms with E-state index in [2.05, 4.69) is 5.32 Å². The minimum atomic E-state index is -0.582. The molecular formula is C8H8N2O3. The first kappa shape index (κ1) is 8.00. The quantitative estimate of drug-likeness (QED) is 0.403. The molecule has 0 bridgehead atoms. The van der Waals surface area contributed by atoms with Crippen LogP contribution in [0, 0.1) is 10.1 Å². The Bertz CT molecular complexity index is 360. The summed E-state index contributed by atoms with van der Waals surface area (Å²) in [6, 6.07) is 4.67. The summed E-state index contributed by atoms with van der Waals surface area (Å²) in [6.45, 7) is 0.849. The van der Waals surface area contributed by atoms with Crippen molar-refractivity contribution in [2.75, 3.05) is 6.54 Å². The number of phenols is 1. The molecule has 1 aromatic carbocycles. The van der Waals surface area contributed by atoms with E-state index in [9.17, 15) is 10.1 Å². The molecule has 0 radical (unpaired) electrons. The zero-order valence-corrected chi connectivity index (χ0v) is 6.73. The standard InChI is InChI=1S/C8H8N2O3/c11-8-2-1-5(6-4-9-6)3-7(8)10(12)13/h1-3,6,9,11H,4H2/t6-/m1/s1. The van der Waals surface area contributed by atoms with Gasteiger partial charge in [0.05, 0.1) is 4.92 Å². The van der Waals surface area contributed by atoms with Gasteiger partial charge in [0.15, 0.2) is 5.75 Å². The molecule has 1 heterocycles. The van der Waals surface area contributed by atoms with E-state index in [4.69, 9.17) is 5.11 Å². The molecule has 13 heavy (non-hydrogen) atoms. The van der Waals surface area contributed by atoms with Crippen molar-refractivity contribution in [3.63, 3.8) is 0 Å². The van der Waals surface area contributed by atoms with Crippen molar-refractivity contribution in [1.29, 1.82) is 0 Å². The second-order valence-corrected chi connectivity index (χ2v) is 2.97. The number of nitro benzene ring substituents is 1. The molecule has 0 aromatic heterocycles. The van der Waals surface area contributed by atoms with Gasteiger partial charge in [0.25, 0.3) is 0 Å². The monoisotopic (exact) mass is 180 g/mol. The molecule has 0 saturated carbocycles. The van der Waals surface area contributed by atoms with Gasteiger partial charge in [0.1, 0.15) is 0 Å². The number of phenolic OH excluding ortho intramolecular Hbond substituents is 1. The van der Waals surface area contributed by atoms with Gasteiger partial charge in [0.2, 0.25) is 0 Å². The molecule has 68 valence electrons. The first-order valence-corrected chi connectivity index (χ1v) is 3.89. The summed E-state index contributed by atoms with van der Waals surface area (Å²) in [5.74, 6) is -0.283. The SMILES string of the molecule is O=[N+]([O-])c1cc([C@H]2CN2)ccc1O. The first-order valence-electron chi connectivity index (χ1n) is 3.89. The summed E-state index contributed by atoms with van der Waals surface area (Å²) < 4.78 is 0. The van der Waals surface area contributed by atoms with E-state index in [1.165, 1.54) is 12.1 Å². The highest BCUT2D eigenvalue weighted by atomic mass is 16.6. The van der Waals surface area contributed by atoms with Crippen molar-refractivity contribution in [2.24, 2.45) is 0 Å². The fraction of sp³-hybridized carbons (Fsp3) is 0.250. The van der Waals surface area contributed by atoms with E-state index < -0.39 is 4.92 Å². The van der Waals surface area contributed by atoms with Gasteiger partial charge < -0.3 is 10.4 Å². The van der Waals surface area contributed by atoms with Crippen molar-refractivity contribution in [1.82, 2.24) is 5.32 Å². The van der Waals surface area contributed by atoms with E-state index in [1.807, 2.05) is 0 Å². The Hall–Kier alpha value is -1.62. The second-order valence-electron chi connectivity index (χ2n) is 2.97. The lowest BCUT2D eigenvalue weighted by atomic mass is 10.1. The number of aromatic hydroxyl groups is 1. The van der Waals surface area contributed by atoms with Gasteiger partial charge in [-0.2, -0.15) is 0 Å². The number of nitro groups is 1. The maximum absolute atomic E-state index is 10.4. The van der Waals surface area contributed by atoms with Gasteiger partial charge in [-0.3, -0.25) is 10.1 Å². The van der Waals surface area contributed by atoms with Crippen LogP contribution in [0.4, 0.5) is 5.69 Å². The number of benzene rings is 1. The van der Waals surface area contributed by atoms with Crippen molar-refractivity contribution < 1.29 is 10.0 Å². The molecule has 1 aliphatic rings. The Kier molecular flexibility index (Phi) is 1.66. The highest BCUT2D eigenvalue weighted by molar-refractivity contribution is 5.49. The molecule has 2 N–H and O–H groups in total. The molecule has 5 nitrogen and oxygen atoms in total. The zero-order chi connectivity index (χ0) is 9.42. The second kappa shape index (κ2) is 2.70. The highest BCUT2D eigenvalue weighted by Crippen LogP contribution is 2.31. The molecule has 2 rings (SSSR count). The lowest BCUT2D eigenvalue weighted by Gasteiger charge is -1.98. The van der Waals surface area contributed by atoms with Crippen LogP contribution in [-0.2, 0) is 0 Å². The summed E-state index contributed by atoms with van der Waals surface area (Å²) >= 11 is 0. The van der Waals surface area contributed by atoms with Crippen LogP contribution in [0.25, 0.3) is 0 Å². The number of hydrogen-bond donors (Lipinski definition) is 2. The minimum absolute atomic E-state index is 0.222. The molecule has 0 aliphatic carbocycles. The topological polar surface area (TPSA) is 85.3 Å². The van der Waals surface area contributed by atoms with E-state index in [0.717, 1.165) is 12.1 Å². The van der Waals surface area contributed by atoms with E-state index in [1.54, 1.807) is 6.07 Å². The molecule has 1 aliphatic heterocycles. The summed E-state index contributed by atoms with van der Waals surface area (Å²) in [4.78, 5) is 9.86. The lowest BCUT2D eigenvalue weighted by molar-refractivity contribution is -0.385. The van der Waals surface area contributed by atoms with Gasteiger partial charge in [-0.1, -0.05) is 6.07 Å². The van der Waals surface area contributed by atoms with Crippen LogP contribution in [-0.4, -0.2) is 16.6 Å². The Morgan fingerprint density at radius 1 is 1.62 bits per heavy atom. The number of nitrogens with one attached hydrogen (secondary N) is 1. The van der Waals surface area contributed by atoms with Crippen molar-refractivity contribution in [3.05, 3.63) is 33.9 Å². The van der Waals surface area contributed by atoms with Crippen LogP contribution in [0.15, 0.2) is 18.2 Å². The summed E-state index contributed by atoms with van der Waals surface area (Å²) in [5.41, 5.74) is 0.621. The van der Waals surface area contributed by atoms with Gasteiger partial charge in [-0.15, -0.1) is 0 Å². The molecule has 1 atom stereocenters. The largest absolute Gasteiger partial charge is 0.502 e. The number of hydrogen-bond acceptors (Lipinski definition) is 4. The average Bonchev–Trinajstić information content (AvgIpc) is 2.87. The molecule has 5 heteroatoms. The van der Waals surface area contributed by atoms with Crippen molar-refractivity contribution in [2.45, 2.75) is 6.04 Å². The van der Waals surface area contributed by atoms with E-state index in [-0.39, 0.29) is 17.5 Å². The first-order chi connectivity index (χ1) is 6.18. The minimum Gasteiger partial charge on any atom is -0.502 e. The van der Waals surface area contributed by atoms with Gasteiger partial charge in [-0.25, -0.2) is 0 Å². The predicted molar refractivity (Wildman–Crippen MR) is 45.5 cm³/mol. The molecule has 1 saturated heterocycles. The molecular weight excluding hydrogens is 172 g/mol. The Morgan fingerprint density at radius 2 is 2.31 bits per heavy atom. The van der Waals surface area contributed by atoms with Crippen LogP contribution in [0.5, 0.6) is 5.75 Å². The zero-order valence-electron chi connectivity index (χ0n) is 6.73. The molecule has 0 amide bonds. The third kappa shape index (κ3) is 1.46. The van der Waals surface area contributed by atoms with Gasteiger partial charge in [-0.05, 0) is 11.6 Å². The van der Waals surface area contributed by atoms with Gasteiger partial charge >= 0.3 is 5.69 Å². The summed E-state index contributed by atoms with van der Waals surface area (Å²) in [5, 5.41) is 22.6. The van der Waals surface area contributed by atoms with Crippen LogP contribution in [0.3, 0.4) is 0 Å². The van der Waals surface area contributed by atoms with Crippen LogP contribution < -0.4 is 5.32 Å². The van der Waals surface area contributed by atoms with Crippen LogP contribution in [0.1, 0.15) is 11.6 Å². The molecule has 1 aromatic rings. The normalized spacial score (nSPS) is 19.8. The Balaban J connectivity index is 2.41. The maximum atomic E-state index is 10.4.